The lowest BCUT2D eigenvalue weighted by Crippen LogP contribution is -1.92. The fourth-order valence-electron chi connectivity index (χ4n) is 2.94. The van der Waals surface area contributed by atoms with E-state index in [-0.39, 0.29) is 0 Å². The highest BCUT2D eigenvalue weighted by molar-refractivity contribution is 7.18. The van der Waals surface area contributed by atoms with Crippen molar-refractivity contribution in [1.29, 1.82) is 0 Å². The highest BCUT2D eigenvalue weighted by Gasteiger charge is 2.11. The van der Waals surface area contributed by atoms with E-state index in [0.717, 1.165) is 32.4 Å². The number of aromatic nitrogens is 2. The maximum Gasteiger partial charge on any atom is 0.161 e. The Hall–Kier alpha value is -2.66. The SMILES string of the molecule is COc1cc2cncc(-c3ccc4sc(C)nc4c3)c2cc1OC. The maximum atomic E-state index is 5.45. The zero-order valence-electron chi connectivity index (χ0n) is 13.7. The summed E-state index contributed by atoms with van der Waals surface area (Å²) in [5.41, 5.74) is 3.17. The van der Waals surface area contributed by atoms with Gasteiger partial charge in [-0.05, 0) is 42.1 Å². The van der Waals surface area contributed by atoms with Crippen molar-refractivity contribution in [3.63, 3.8) is 0 Å². The van der Waals surface area contributed by atoms with Crippen molar-refractivity contribution in [1.82, 2.24) is 9.97 Å². The second kappa shape index (κ2) is 5.76. The number of nitrogens with zero attached hydrogens (tertiary/aromatic N) is 2. The van der Waals surface area contributed by atoms with E-state index in [2.05, 4.69) is 28.2 Å². The van der Waals surface area contributed by atoms with Crippen LogP contribution in [0.25, 0.3) is 32.1 Å². The minimum atomic E-state index is 0.703. The zero-order chi connectivity index (χ0) is 16.7. The smallest absolute Gasteiger partial charge is 0.161 e. The number of pyridine rings is 1. The Bertz CT molecular complexity index is 1060. The molecule has 4 nitrogen and oxygen atoms in total. The van der Waals surface area contributed by atoms with Crippen molar-refractivity contribution in [2.75, 3.05) is 14.2 Å². The van der Waals surface area contributed by atoms with Crippen molar-refractivity contribution in [3.8, 4) is 22.6 Å². The van der Waals surface area contributed by atoms with Crippen molar-refractivity contribution < 1.29 is 9.47 Å². The monoisotopic (exact) mass is 336 g/mol. The van der Waals surface area contributed by atoms with Crippen LogP contribution < -0.4 is 9.47 Å². The molecule has 5 heteroatoms. The van der Waals surface area contributed by atoms with Crippen molar-refractivity contribution in [2.45, 2.75) is 6.92 Å². The Morgan fingerprint density at radius 2 is 1.75 bits per heavy atom. The van der Waals surface area contributed by atoms with Crippen LogP contribution in [-0.4, -0.2) is 24.2 Å². The summed E-state index contributed by atoms with van der Waals surface area (Å²) >= 11 is 1.71. The fraction of sp³-hybridized carbons (Fsp3) is 0.158. The lowest BCUT2D eigenvalue weighted by molar-refractivity contribution is 0.356. The van der Waals surface area contributed by atoms with Crippen LogP contribution in [0.3, 0.4) is 0 Å². The second-order valence-electron chi connectivity index (χ2n) is 5.53. The first-order valence-corrected chi connectivity index (χ1v) is 8.38. The third-order valence-electron chi connectivity index (χ3n) is 4.07. The number of methoxy groups -OCH3 is 2. The molecule has 0 aliphatic rings. The van der Waals surface area contributed by atoms with E-state index in [0.29, 0.717) is 11.5 Å². The van der Waals surface area contributed by atoms with Crippen LogP contribution in [0.15, 0.2) is 42.7 Å². The predicted molar refractivity (Wildman–Crippen MR) is 98.2 cm³/mol. The number of rotatable bonds is 3. The van der Waals surface area contributed by atoms with E-state index >= 15 is 0 Å². The molecule has 120 valence electrons. The summed E-state index contributed by atoms with van der Waals surface area (Å²) in [4.78, 5) is 8.99. The van der Waals surface area contributed by atoms with Gasteiger partial charge in [-0.1, -0.05) is 6.07 Å². The molecule has 0 saturated heterocycles. The van der Waals surface area contributed by atoms with Crippen molar-refractivity contribution >= 4 is 32.3 Å². The molecule has 0 aliphatic carbocycles. The summed E-state index contributed by atoms with van der Waals surface area (Å²) in [5.74, 6) is 1.41. The molecular formula is C19H16N2O2S. The summed E-state index contributed by atoms with van der Waals surface area (Å²) in [5, 5.41) is 3.17. The molecule has 4 aromatic rings. The van der Waals surface area contributed by atoms with Gasteiger partial charge in [0.2, 0.25) is 0 Å². The van der Waals surface area contributed by atoms with Gasteiger partial charge in [0, 0.05) is 23.3 Å². The quantitative estimate of drug-likeness (QED) is 0.537. The van der Waals surface area contributed by atoms with E-state index in [1.165, 1.54) is 4.70 Å². The van der Waals surface area contributed by atoms with Crippen LogP contribution in [-0.2, 0) is 0 Å². The number of ether oxygens (including phenoxy) is 2. The van der Waals surface area contributed by atoms with Gasteiger partial charge < -0.3 is 9.47 Å². The number of benzene rings is 2. The maximum absolute atomic E-state index is 5.45. The summed E-state index contributed by atoms with van der Waals surface area (Å²) < 4.78 is 12.0. The third-order valence-corrected chi connectivity index (χ3v) is 5.02. The molecule has 2 aromatic carbocycles. The number of thiazole rings is 1. The molecule has 0 bridgehead atoms. The minimum absolute atomic E-state index is 0.703. The largest absolute Gasteiger partial charge is 0.493 e. The average Bonchev–Trinajstić information content (AvgIpc) is 2.98. The number of hydrogen-bond donors (Lipinski definition) is 0. The van der Waals surface area contributed by atoms with E-state index in [9.17, 15) is 0 Å². The topological polar surface area (TPSA) is 44.2 Å². The van der Waals surface area contributed by atoms with Gasteiger partial charge in [-0.2, -0.15) is 0 Å². The number of hydrogen-bond acceptors (Lipinski definition) is 5. The number of aryl methyl sites for hydroxylation is 1. The van der Waals surface area contributed by atoms with Gasteiger partial charge >= 0.3 is 0 Å². The summed E-state index contributed by atoms with van der Waals surface area (Å²) in [6.07, 6.45) is 3.72. The first kappa shape index (κ1) is 14.9. The molecule has 0 atom stereocenters. The van der Waals surface area contributed by atoms with Crippen LogP contribution in [0.2, 0.25) is 0 Å². The Morgan fingerprint density at radius 1 is 0.958 bits per heavy atom. The molecule has 0 amide bonds. The van der Waals surface area contributed by atoms with Crippen LogP contribution in [0.1, 0.15) is 5.01 Å². The van der Waals surface area contributed by atoms with Crippen molar-refractivity contribution in [2.24, 2.45) is 0 Å². The van der Waals surface area contributed by atoms with Gasteiger partial charge in [0.05, 0.1) is 29.4 Å². The summed E-state index contributed by atoms with van der Waals surface area (Å²) in [6.45, 7) is 2.03. The van der Waals surface area contributed by atoms with Gasteiger partial charge in [-0.3, -0.25) is 4.98 Å². The van der Waals surface area contributed by atoms with E-state index in [1.807, 2.05) is 31.5 Å². The molecular weight excluding hydrogens is 320 g/mol. The molecule has 0 unspecified atom stereocenters. The van der Waals surface area contributed by atoms with Gasteiger partial charge in [-0.25, -0.2) is 4.98 Å². The fourth-order valence-corrected chi connectivity index (χ4v) is 3.74. The Balaban J connectivity index is 1.97. The molecule has 24 heavy (non-hydrogen) atoms. The van der Waals surface area contributed by atoms with Gasteiger partial charge in [0.15, 0.2) is 11.5 Å². The average molecular weight is 336 g/mol. The normalized spacial score (nSPS) is 11.1. The molecule has 0 N–H and O–H groups in total. The standard InChI is InChI=1S/C19H16N2O2S/c1-11-21-16-6-12(4-5-19(16)24-11)15-10-20-9-13-7-17(22-2)18(23-3)8-14(13)15/h4-10H,1-3H3. The van der Waals surface area contributed by atoms with E-state index < -0.39 is 0 Å². The molecule has 0 aliphatic heterocycles. The summed E-state index contributed by atoms with van der Waals surface area (Å²) in [7, 11) is 3.29. The molecule has 0 spiro atoms. The van der Waals surface area contributed by atoms with Gasteiger partial charge in [0.1, 0.15) is 0 Å². The molecule has 2 aromatic heterocycles. The molecule has 0 saturated carbocycles. The first-order valence-electron chi connectivity index (χ1n) is 7.57. The minimum Gasteiger partial charge on any atom is -0.493 e. The molecule has 2 heterocycles. The molecule has 4 rings (SSSR count). The van der Waals surface area contributed by atoms with Gasteiger partial charge in [0.25, 0.3) is 0 Å². The highest BCUT2D eigenvalue weighted by Crippen LogP contribution is 2.37. The Kier molecular flexibility index (Phi) is 3.58. The Labute approximate surface area is 143 Å². The lowest BCUT2D eigenvalue weighted by Gasteiger charge is -2.12. The number of fused-ring (bicyclic) bond motifs is 2. The third kappa shape index (κ3) is 2.37. The summed E-state index contributed by atoms with van der Waals surface area (Å²) in [6, 6.07) is 10.3. The first-order chi connectivity index (χ1) is 11.7. The van der Waals surface area contributed by atoms with E-state index in [1.54, 1.807) is 25.6 Å². The molecule has 0 radical (unpaired) electrons. The highest BCUT2D eigenvalue weighted by atomic mass is 32.1. The van der Waals surface area contributed by atoms with Crippen LogP contribution >= 0.6 is 11.3 Å². The predicted octanol–water partition coefficient (Wildman–Crippen LogP) is 4.84. The Morgan fingerprint density at radius 3 is 2.54 bits per heavy atom. The zero-order valence-corrected chi connectivity index (χ0v) is 14.5. The van der Waals surface area contributed by atoms with Crippen LogP contribution in [0.4, 0.5) is 0 Å². The van der Waals surface area contributed by atoms with Crippen LogP contribution in [0.5, 0.6) is 11.5 Å². The molecule has 0 fully saturated rings. The van der Waals surface area contributed by atoms with Gasteiger partial charge in [-0.15, -0.1) is 11.3 Å². The van der Waals surface area contributed by atoms with E-state index in [4.69, 9.17) is 9.47 Å². The lowest BCUT2D eigenvalue weighted by atomic mass is 10.0. The van der Waals surface area contributed by atoms with Crippen molar-refractivity contribution in [3.05, 3.63) is 47.7 Å². The van der Waals surface area contributed by atoms with Crippen LogP contribution in [0, 0.1) is 6.92 Å². The second-order valence-corrected chi connectivity index (χ2v) is 6.77.